The minimum absolute atomic E-state index is 0.0245. The summed E-state index contributed by atoms with van der Waals surface area (Å²) in [5.74, 6) is 1.50. The number of hydrogen-bond acceptors (Lipinski definition) is 3. The summed E-state index contributed by atoms with van der Waals surface area (Å²) >= 11 is 0. The molecular formula is C14H21NO3. The smallest absolute Gasteiger partial charge is 0.311 e. The molecule has 3 aliphatic rings. The molecule has 3 saturated carbocycles. The zero-order chi connectivity index (χ0) is 12.9. The Kier molecular flexibility index (Phi) is 2.83. The average Bonchev–Trinajstić information content (AvgIpc) is 2.80. The average molecular weight is 251 g/mol. The van der Waals surface area contributed by atoms with Crippen molar-refractivity contribution in [3.8, 4) is 0 Å². The minimum Gasteiger partial charge on any atom is -0.469 e. The number of fused-ring (bicyclic) bond motifs is 2. The molecule has 4 heteroatoms. The van der Waals surface area contributed by atoms with Crippen LogP contribution in [0.2, 0.25) is 0 Å². The molecule has 0 radical (unpaired) electrons. The van der Waals surface area contributed by atoms with Crippen molar-refractivity contribution in [3.05, 3.63) is 0 Å². The third-order valence-corrected chi connectivity index (χ3v) is 5.14. The monoisotopic (exact) mass is 251 g/mol. The third-order valence-electron chi connectivity index (χ3n) is 5.14. The van der Waals surface area contributed by atoms with Crippen LogP contribution >= 0.6 is 0 Å². The molecule has 2 bridgehead atoms. The SMILES string of the molecule is COC(=O)[C@@H]1[C@H]2CC[C@@H](C2)[C@@H]1NC(=O)[C@H]1C[C@H]1C. The van der Waals surface area contributed by atoms with E-state index < -0.39 is 0 Å². The number of hydrogen-bond donors (Lipinski definition) is 1. The lowest BCUT2D eigenvalue weighted by Crippen LogP contribution is -2.47. The highest BCUT2D eigenvalue weighted by Gasteiger charge is 2.53. The van der Waals surface area contributed by atoms with E-state index in [9.17, 15) is 9.59 Å². The van der Waals surface area contributed by atoms with Gasteiger partial charge in [-0.25, -0.2) is 0 Å². The first-order valence-corrected chi connectivity index (χ1v) is 7.00. The molecule has 6 atom stereocenters. The zero-order valence-electron chi connectivity index (χ0n) is 11.0. The molecule has 0 aliphatic heterocycles. The van der Waals surface area contributed by atoms with Gasteiger partial charge in [0, 0.05) is 12.0 Å². The predicted octanol–water partition coefficient (Wildman–Crippen LogP) is 1.35. The number of rotatable bonds is 3. The van der Waals surface area contributed by atoms with Gasteiger partial charge in [0.15, 0.2) is 0 Å². The van der Waals surface area contributed by atoms with Gasteiger partial charge in [-0.1, -0.05) is 6.92 Å². The fourth-order valence-electron chi connectivity index (χ4n) is 3.93. The first-order valence-electron chi connectivity index (χ1n) is 7.00. The normalized spacial score (nSPS) is 44.8. The van der Waals surface area contributed by atoms with E-state index in [4.69, 9.17) is 4.74 Å². The lowest BCUT2D eigenvalue weighted by molar-refractivity contribution is -0.148. The summed E-state index contributed by atoms with van der Waals surface area (Å²) in [6.45, 7) is 2.10. The Balaban J connectivity index is 1.69. The molecule has 3 rings (SSSR count). The maximum Gasteiger partial charge on any atom is 0.311 e. The lowest BCUT2D eigenvalue weighted by atomic mass is 9.84. The second-order valence-electron chi connectivity index (χ2n) is 6.24. The van der Waals surface area contributed by atoms with Crippen LogP contribution < -0.4 is 5.32 Å². The number of nitrogens with one attached hydrogen (secondary N) is 1. The molecular weight excluding hydrogens is 230 g/mol. The molecule has 3 aliphatic carbocycles. The maximum atomic E-state index is 12.0. The van der Waals surface area contributed by atoms with Crippen molar-refractivity contribution in [3.63, 3.8) is 0 Å². The number of methoxy groups -OCH3 is 1. The standard InChI is InChI=1S/C14H21NO3/c1-7-5-10(7)13(16)15-12-9-4-3-8(6-9)11(12)14(17)18-2/h7-12H,3-6H2,1-2H3,(H,15,16)/t7-,8+,9+,10+,11-,12+/m1/s1. The van der Waals surface area contributed by atoms with Crippen LogP contribution in [0.3, 0.4) is 0 Å². The first kappa shape index (κ1) is 12.0. The second-order valence-corrected chi connectivity index (χ2v) is 6.24. The molecule has 18 heavy (non-hydrogen) atoms. The van der Waals surface area contributed by atoms with Crippen molar-refractivity contribution in [1.82, 2.24) is 5.32 Å². The van der Waals surface area contributed by atoms with Gasteiger partial charge in [0.25, 0.3) is 0 Å². The van der Waals surface area contributed by atoms with E-state index in [0.717, 1.165) is 25.7 Å². The van der Waals surface area contributed by atoms with Crippen LogP contribution in [0.4, 0.5) is 0 Å². The van der Waals surface area contributed by atoms with E-state index in [0.29, 0.717) is 17.8 Å². The summed E-state index contributed by atoms with van der Waals surface area (Å²) in [4.78, 5) is 23.9. The van der Waals surface area contributed by atoms with Gasteiger partial charge in [0.1, 0.15) is 0 Å². The first-order chi connectivity index (χ1) is 8.61. The molecule has 0 heterocycles. The second kappa shape index (κ2) is 4.25. The van der Waals surface area contributed by atoms with Crippen molar-refractivity contribution in [2.24, 2.45) is 29.6 Å². The summed E-state index contributed by atoms with van der Waals surface area (Å²) in [5.41, 5.74) is 0. The van der Waals surface area contributed by atoms with Crippen LogP contribution in [0.5, 0.6) is 0 Å². The van der Waals surface area contributed by atoms with E-state index >= 15 is 0 Å². The molecule has 0 aromatic rings. The van der Waals surface area contributed by atoms with Gasteiger partial charge in [-0.15, -0.1) is 0 Å². The highest BCUT2D eigenvalue weighted by Crippen LogP contribution is 2.49. The molecule has 0 aromatic carbocycles. The molecule has 4 nitrogen and oxygen atoms in total. The summed E-state index contributed by atoms with van der Waals surface area (Å²) in [6, 6.07) is 0.0245. The Morgan fingerprint density at radius 2 is 1.83 bits per heavy atom. The zero-order valence-corrected chi connectivity index (χ0v) is 11.0. The van der Waals surface area contributed by atoms with Crippen molar-refractivity contribution < 1.29 is 14.3 Å². The van der Waals surface area contributed by atoms with Gasteiger partial charge < -0.3 is 10.1 Å². The number of carbonyl (C=O) groups excluding carboxylic acids is 2. The lowest BCUT2D eigenvalue weighted by Gasteiger charge is -2.29. The van der Waals surface area contributed by atoms with E-state index in [1.165, 1.54) is 7.11 Å². The van der Waals surface area contributed by atoms with E-state index in [1.807, 2.05) is 0 Å². The van der Waals surface area contributed by atoms with Crippen molar-refractivity contribution in [2.75, 3.05) is 7.11 Å². The van der Waals surface area contributed by atoms with Crippen molar-refractivity contribution in [1.29, 1.82) is 0 Å². The van der Waals surface area contributed by atoms with Gasteiger partial charge >= 0.3 is 5.97 Å². The molecule has 0 spiro atoms. The van der Waals surface area contributed by atoms with E-state index in [-0.39, 0.29) is 29.8 Å². The van der Waals surface area contributed by atoms with Crippen LogP contribution in [-0.4, -0.2) is 25.0 Å². The molecule has 1 amide bonds. The minimum atomic E-state index is -0.142. The molecule has 100 valence electrons. The summed E-state index contributed by atoms with van der Waals surface area (Å²) < 4.78 is 4.91. The number of ether oxygens (including phenoxy) is 1. The Morgan fingerprint density at radius 3 is 2.44 bits per heavy atom. The van der Waals surface area contributed by atoms with E-state index in [1.54, 1.807) is 0 Å². The highest BCUT2D eigenvalue weighted by molar-refractivity contribution is 5.83. The Hall–Kier alpha value is -1.06. The third kappa shape index (κ3) is 1.82. The largest absolute Gasteiger partial charge is 0.469 e. The van der Waals surface area contributed by atoms with Crippen molar-refractivity contribution >= 4 is 11.9 Å². The summed E-state index contributed by atoms with van der Waals surface area (Å²) in [5, 5.41) is 3.13. The van der Waals surface area contributed by atoms with Gasteiger partial charge in [0.05, 0.1) is 13.0 Å². The van der Waals surface area contributed by atoms with Crippen LogP contribution in [0.1, 0.15) is 32.6 Å². The molecule has 1 N–H and O–H groups in total. The van der Waals surface area contributed by atoms with Crippen molar-refractivity contribution in [2.45, 2.75) is 38.6 Å². The van der Waals surface area contributed by atoms with Gasteiger partial charge in [-0.2, -0.15) is 0 Å². The fraction of sp³-hybridized carbons (Fsp3) is 0.857. The predicted molar refractivity (Wildman–Crippen MR) is 65.5 cm³/mol. The summed E-state index contributed by atoms with van der Waals surface area (Å²) in [6.07, 6.45) is 4.32. The van der Waals surface area contributed by atoms with Crippen LogP contribution in [-0.2, 0) is 14.3 Å². The van der Waals surface area contributed by atoms with Gasteiger partial charge in [-0.3, -0.25) is 9.59 Å². The highest BCUT2D eigenvalue weighted by atomic mass is 16.5. The Labute approximate surface area is 107 Å². The number of carbonyl (C=O) groups is 2. The summed E-state index contributed by atoms with van der Waals surface area (Å²) in [7, 11) is 1.44. The Bertz CT molecular complexity index is 381. The topological polar surface area (TPSA) is 55.4 Å². The number of amides is 1. The quantitative estimate of drug-likeness (QED) is 0.770. The molecule has 0 aromatic heterocycles. The van der Waals surface area contributed by atoms with Crippen LogP contribution in [0, 0.1) is 29.6 Å². The fourth-order valence-corrected chi connectivity index (χ4v) is 3.93. The molecule has 0 unspecified atom stereocenters. The van der Waals surface area contributed by atoms with Gasteiger partial charge in [0.2, 0.25) is 5.91 Å². The molecule has 3 fully saturated rings. The van der Waals surface area contributed by atoms with E-state index in [2.05, 4.69) is 12.2 Å². The Morgan fingerprint density at radius 1 is 1.17 bits per heavy atom. The maximum absolute atomic E-state index is 12.0. The van der Waals surface area contributed by atoms with Crippen LogP contribution in [0.15, 0.2) is 0 Å². The molecule has 0 saturated heterocycles. The number of esters is 1. The van der Waals surface area contributed by atoms with Gasteiger partial charge in [-0.05, 0) is 43.4 Å². The van der Waals surface area contributed by atoms with Crippen LogP contribution in [0.25, 0.3) is 0 Å².